The largest absolute Gasteiger partial charge is 0.353 e. The highest BCUT2D eigenvalue weighted by Crippen LogP contribution is 2.61. The van der Waals surface area contributed by atoms with Crippen LogP contribution in [0, 0.1) is 23.2 Å². The molecule has 6 rings (SSSR count). The third-order valence-electron chi connectivity index (χ3n) is 7.68. The number of carbonyl (C=O) groups excluding carboxylic acids is 1. The van der Waals surface area contributed by atoms with Gasteiger partial charge in [-0.25, -0.2) is 4.68 Å². The number of aryl methyl sites for hydroxylation is 1. The molecule has 1 heterocycles. The maximum Gasteiger partial charge on any atom is 0.220 e. The van der Waals surface area contributed by atoms with Crippen molar-refractivity contribution >= 4 is 5.91 Å². The van der Waals surface area contributed by atoms with Crippen molar-refractivity contribution in [1.82, 2.24) is 15.1 Å². The molecular weight excluding hydrogens is 346 g/mol. The summed E-state index contributed by atoms with van der Waals surface area (Å²) in [6, 6.07) is 10.4. The Balaban J connectivity index is 1.17. The van der Waals surface area contributed by atoms with Crippen LogP contribution in [-0.2, 0) is 11.2 Å². The zero-order valence-corrected chi connectivity index (χ0v) is 16.8. The number of hydrogen-bond acceptors (Lipinski definition) is 2. The van der Waals surface area contributed by atoms with Crippen LogP contribution in [0.1, 0.15) is 57.4 Å². The molecule has 4 bridgehead atoms. The van der Waals surface area contributed by atoms with Gasteiger partial charge in [0.25, 0.3) is 0 Å². The van der Waals surface area contributed by atoms with E-state index in [-0.39, 0.29) is 5.91 Å². The summed E-state index contributed by atoms with van der Waals surface area (Å²) in [5.74, 6) is 2.97. The number of rotatable bonds is 6. The molecule has 4 nitrogen and oxygen atoms in total. The van der Waals surface area contributed by atoms with Gasteiger partial charge in [-0.05, 0) is 92.7 Å². The van der Waals surface area contributed by atoms with E-state index in [9.17, 15) is 4.79 Å². The van der Waals surface area contributed by atoms with Gasteiger partial charge in [0.1, 0.15) is 0 Å². The second-order valence-electron chi connectivity index (χ2n) is 9.70. The van der Waals surface area contributed by atoms with Crippen LogP contribution in [-0.4, -0.2) is 21.7 Å². The molecule has 148 valence electrons. The van der Waals surface area contributed by atoms with E-state index in [1.165, 1.54) is 38.5 Å². The van der Waals surface area contributed by atoms with Crippen LogP contribution in [0.5, 0.6) is 0 Å². The van der Waals surface area contributed by atoms with Gasteiger partial charge in [-0.1, -0.05) is 18.2 Å². The lowest BCUT2D eigenvalue weighted by Gasteiger charge is -2.59. The maximum absolute atomic E-state index is 12.7. The highest BCUT2D eigenvalue weighted by atomic mass is 16.1. The van der Waals surface area contributed by atoms with E-state index in [4.69, 9.17) is 0 Å². The highest BCUT2D eigenvalue weighted by Gasteiger charge is 2.53. The Morgan fingerprint density at radius 3 is 2.43 bits per heavy atom. The van der Waals surface area contributed by atoms with E-state index in [0.29, 0.717) is 17.9 Å². The lowest BCUT2D eigenvalue weighted by molar-refractivity contribution is -0.125. The van der Waals surface area contributed by atoms with Gasteiger partial charge in [-0.2, -0.15) is 5.10 Å². The zero-order valence-electron chi connectivity index (χ0n) is 16.8. The summed E-state index contributed by atoms with van der Waals surface area (Å²) in [5.41, 5.74) is 2.54. The predicted molar refractivity (Wildman–Crippen MR) is 110 cm³/mol. The first-order valence-electron chi connectivity index (χ1n) is 11.0. The first-order chi connectivity index (χ1) is 13.6. The molecule has 1 aromatic heterocycles. The van der Waals surface area contributed by atoms with Gasteiger partial charge in [0.05, 0.1) is 11.9 Å². The normalized spacial score (nSPS) is 31.7. The topological polar surface area (TPSA) is 46.9 Å². The Bertz CT molecular complexity index is 805. The number of benzene rings is 1. The smallest absolute Gasteiger partial charge is 0.220 e. The van der Waals surface area contributed by atoms with Crippen molar-refractivity contribution in [2.45, 2.75) is 64.3 Å². The molecule has 4 fully saturated rings. The summed E-state index contributed by atoms with van der Waals surface area (Å²) < 4.78 is 1.88. The molecule has 0 spiro atoms. The molecule has 1 N–H and O–H groups in total. The third kappa shape index (κ3) is 3.38. The fourth-order valence-electron chi connectivity index (χ4n) is 6.64. The number of amides is 1. The maximum atomic E-state index is 12.7. The van der Waals surface area contributed by atoms with Crippen molar-refractivity contribution < 1.29 is 4.79 Å². The van der Waals surface area contributed by atoms with E-state index in [1.54, 1.807) is 0 Å². The van der Waals surface area contributed by atoms with Gasteiger partial charge >= 0.3 is 0 Å². The van der Waals surface area contributed by atoms with E-state index in [0.717, 1.165) is 35.4 Å². The van der Waals surface area contributed by atoms with Crippen molar-refractivity contribution in [2.24, 2.45) is 23.2 Å². The molecule has 0 unspecified atom stereocenters. The minimum Gasteiger partial charge on any atom is -0.353 e. The number of para-hydroxylation sites is 1. The Hall–Kier alpha value is -2.10. The minimum absolute atomic E-state index is 0.190. The summed E-state index contributed by atoms with van der Waals surface area (Å²) in [7, 11) is 0. The fraction of sp³-hybridized carbons (Fsp3) is 0.583. The molecule has 4 heteroatoms. The number of nitrogens with one attached hydrogen (secondary N) is 1. The molecule has 2 aromatic rings. The van der Waals surface area contributed by atoms with Gasteiger partial charge < -0.3 is 5.32 Å². The van der Waals surface area contributed by atoms with Crippen molar-refractivity contribution in [3.8, 4) is 5.69 Å². The number of nitrogens with zero attached hydrogens (tertiary/aromatic N) is 2. The van der Waals surface area contributed by atoms with Crippen LogP contribution < -0.4 is 5.32 Å². The second-order valence-corrected chi connectivity index (χ2v) is 9.70. The van der Waals surface area contributed by atoms with Crippen LogP contribution in [0.25, 0.3) is 5.69 Å². The second kappa shape index (κ2) is 7.06. The summed E-state index contributed by atoms with van der Waals surface area (Å²) in [6.45, 7) is 2.26. The lowest BCUT2D eigenvalue weighted by atomic mass is 9.48. The average Bonchev–Trinajstić information content (AvgIpc) is 3.15. The summed E-state index contributed by atoms with van der Waals surface area (Å²) >= 11 is 0. The Kier molecular flexibility index (Phi) is 4.53. The molecule has 4 saturated carbocycles. The highest BCUT2D eigenvalue weighted by molar-refractivity contribution is 5.76. The van der Waals surface area contributed by atoms with Gasteiger partial charge in [0.15, 0.2) is 0 Å². The molecule has 1 aromatic carbocycles. The monoisotopic (exact) mass is 377 g/mol. The van der Waals surface area contributed by atoms with E-state index in [2.05, 4.69) is 17.3 Å². The number of aromatic nitrogens is 2. The van der Waals surface area contributed by atoms with E-state index >= 15 is 0 Å². The molecular formula is C24H31N3O. The summed E-state index contributed by atoms with van der Waals surface area (Å²) in [4.78, 5) is 12.7. The summed E-state index contributed by atoms with van der Waals surface area (Å²) in [6.07, 6.45) is 13.6. The fourth-order valence-corrected chi connectivity index (χ4v) is 6.64. The van der Waals surface area contributed by atoms with Crippen LogP contribution in [0.15, 0.2) is 42.7 Å². The number of hydrogen-bond donors (Lipinski definition) is 1. The third-order valence-corrected chi connectivity index (χ3v) is 7.68. The molecule has 28 heavy (non-hydrogen) atoms. The van der Waals surface area contributed by atoms with Crippen LogP contribution in [0.3, 0.4) is 0 Å². The quantitative estimate of drug-likeness (QED) is 0.804. The SMILES string of the molecule is C[C@H](NC(=O)CCc1cnn(-c2ccccc2)c1)C12CC3CC(CC(C3)C1)C2. The molecule has 0 aliphatic heterocycles. The molecule has 0 saturated heterocycles. The Morgan fingerprint density at radius 2 is 1.79 bits per heavy atom. The molecule has 1 atom stereocenters. The van der Waals surface area contributed by atoms with E-state index < -0.39 is 0 Å². The Morgan fingerprint density at radius 1 is 1.14 bits per heavy atom. The Labute approximate surface area is 167 Å². The van der Waals surface area contributed by atoms with Gasteiger partial charge in [0.2, 0.25) is 5.91 Å². The van der Waals surface area contributed by atoms with Crippen LogP contribution in [0.4, 0.5) is 0 Å². The van der Waals surface area contributed by atoms with Crippen LogP contribution >= 0.6 is 0 Å². The number of carbonyl (C=O) groups is 1. The van der Waals surface area contributed by atoms with Crippen molar-refractivity contribution in [2.75, 3.05) is 0 Å². The van der Waals surface area contributed by atoms with Gasteiger partial charge in [-0.3, -0.25) is 4.79 Å². The summed E-state index contributed by atoms with van der Waals surface area (Å²) in [5, 5.41) is 7.82. The van der Waals surface area contributed by atoms with Crippen molar-refractivity contribution in [3.05, 3.63) is 48.3 Å². The zero-order chi connectivity index (χ0) is 19.1. The first-order valence-corrected chi connectivity index (χ1v) is 11.0. The molecule has 4 aliphatic rings. The minimum atomic E-state index is 0.190. The van der Waals surface area contributed by atoms with E-state index in [1.807, 2.05) is 47.4 Å². The van der Waals surface area contributed by atoms with Gasteiger partial charge in [-0.15, -0.1) is 0 Å². The van der Waals surface area contributed by atoms with Gasteiger partial charge in [0, 0.05) is 18.7 Å². The predicted octanol–water partition coefficient (Wildman–Crippen LogP) is 4.53. The molecule has 0 radical (unpaired) electrons. The van der Waals surface area contributed by atoms with Crippen molar-refractivity contribution in [3.63, 3.8) is 0 Å². The average molecular weight is 378 g/mol. The van der Waals surface area contributed by atoms with Crippen molar-refractivity contribution in [1.29, 1.82) is 0 Å². The lowest BCUT2D eigenvalue weighted by Crippen LogP contribution is -2.55. The first kappa shape index (κ1) is 18.0. The standard InChI is InChI=1S/C24H31N3O/c1-17(24-12-19-9-20(13-24)11-21(10-19)14-24)26-23(28)8-7-18-15-25-27(16-18)22-5-3-2-4-6-22/h2-6,15-17,19-21H,7-14H2,1H3,(H,26,28)/t17-,19?,20?,21?,24?/m0/s1. The van der Waals surface area contributed by atoms with Crippen LogP contribution in [0.2, 0.25) is 0 Å². The molecule has 4 aliphatic carbocycles. The molecule has 1 amide bonds.